The molecule has 2 fully saturated rings. The average molecular weight is 387 g/mol. The van der Waals surface area contributed by atoms with Gasteiger partial charge in [0.15, 0.2) is 0 Å². The maximum atomic E-state index is 13.8. The van der Waals surface area contributed by atoms with Gasteiger partial charge in [-0.25, -0.2) is 4.39 Å². The summed E-state index contributed by atoms with van der Waals surface area (Å²) in [7, 11) is 0. The summed E-state index contributed by atoms with van der Waals surface area (Å²) in [6.07, 6.45) is 3.47. The van der Waals surface area contributed by atoms with Crippen LogP contribution < -0.4 is 10.5 Å². The number of aromatic amines is 1. The molecule has 3 heterocycles. The fraction of sp³-hybridized carbons (Fsp3) is 0.524. The van der Waals surface area contributed by atoms with Crippen molar-refractivity contribution in [3.05, 3.63) is 52.3 Å². The van der Waals surface area contributed by atoms with Crippen molar-refractivity contribution in [3.63, 3.8) is 0 Å². The van der Waals surface area contributed by atoms with Crippen LogP contribution in [0, 0.1) is 5.82 Å². The number of nitrogens with one attached hydrogen (secondary N) is 1. The number of nitrogens with zero attached hydrogens (tertiary/aromatic N) is 2. The van der Waals surface area contributed by atoms with E-state index in [0.29, 0.717) is 18.6 Å². The number of hydrogen-bond donors (Lipinski definition) is 1. The molecule has 4 rings (SSSR count). The molecule has 1 amide bonds. The molecule has 2 aromatic rings. The van der Waals surface area contributed by atoms with Crippen molar-refractivity contribution in [2.75, 3.05) is 11.4 Å². The molecule has 0 radical (unpaired) electrons. The summed E-state index contributed by atoms with van der Waals surface area (Å²) in [6.45, 7) is 5.06. The number of anilines is 1. The third-order valence-electron chi connectivity index (χ3n) is 6.00. The number of aromatic nitrogens is 1. The molecular weight excluding hydrogens is 361 g/mol. The highest BCUT2D eigenvalue weighted by Crippen LogP contribution is 2.43. The maximum Gasteiger partial charge on any atom is 0.280 e. The molecule has 150 valence electrons. The zero-order chi connectivity index (χ0) is 19.9. The van der Waals surface area contributed by atoms with Gasteiger partial charge < -0.3 is 14.3 Å². The molecule has 28 heavy (non-hydrogen) atoms. The largest absolute Gasteiger partial charge is 0.384 e. The molecule has 1 aromatic carbocycles. The maximum absolute atomic E-state index is 13.8. The number of hydrogen-bond acceptors (Lipinski definition) is 4. The van der Waals surface area contributed by atoms with Crippen molar-refractivity contribution >= 4 is 11.6 Å². The topological polar surface area (TPSA) is 69.5 Å². The van der Waals surface area contributed by atoms with E-state index in [4.69, 9.17) is 4.52 Å². The number of carbonyl (C=O) groups excluding carboxylic acids is 1. The number of H-pyrrole nitrogens is 1. The molecule has 0 unspecified atom stereocenters. The second-order valence-electron chi connectivity index (χ2n) is 8.41. The van der Waals surface area contributed by atoms with Crippen molar-refractivity contribution in [3.8, 4) is 0 Å². The van der Waals surface area contributed by atoms with Gasteiger partial charge in [-0.1, -0.05) is 6.07 Å². The zero-order valence-corrected chi connectivity index (χ0v) is 16.3. The first-order chi connectivity index (χ1) is 13.3. The van der Waals surface area contributed by atoms with E-state index in [0.717, 1.165) is 31.5 Å². The van der Waals surface area contributed by atoms with Crippen molar-refractivity contribution < 1.29 is 13.7 Å². The second kappa shape index (κ2) is 7.11. The van der Waals surface area contributed by atoms with E-state index in [2.05, 4.69) is 23.9 Å². The van der Waals surface area contributed by atoms with Crippen molar-refractivity contribution in [2.24, 2.45) is 0 Å². The Bertz CT molecular complexity index is 919. The third kappa shape index (κ3) is 3.45. The first kappa shape index (κ1) is 18.8. The lowest BCUT2D eigenvalue weighted by molar-refractivity contribution is -0.135. The van der Waals surface area contributed by atoms with Gasteiger partial charge in [0.1, 0.15) is 11.6 Å². The summed E-state index contributed by atoms with van der Waals surface area (Å²) in [5, 5.41) is 2.26. The van der Waals surface area contributed by atoms with Crippen LogP contribution in [-0.2, 0) is 11.2 Å². The smallest absolute Gasteiger partial charge is 0.280 e. The minimum Gasteiger partial charge on any atom is -0.384 e. The first-order valence-electron chi connectivity index (χ1n) is 9.87. The highest BCUT2D eigenvalue weighted by atomic mass is 19.1. The molecular formula is C21H26FN3O3. The van der Waals surface area contributed by atoms with E-state index in [1.54, 1.807) is 12.1 Å². The number of rotatable bonds is 4. The highest BCUT2D eigenvalue weighted by Gasteiger charge is 2.50. The molecule has 2 aliphatic heterocycles. The Morgan fingerprint density at radius 1 is 1.32 bits per heavy atom. The normalized spacial score (nSPS) is 23.7. The van der Waals surface area contributed by atoms with E-state index in [-0.39, 0.29) is 34.9 Å². The lowest BCUT2D eigenvalue weighted by atomic mass is 9.93. The van der Waals surface area contributed by atoms with Crippen LogP contribution in [0.15, 0.2) is 39.6 Å². The van der Waals surface area contributed by atoms with Gasteiger partial charge in [-0.3, -0.25) is 9.59 Å². The van der Waals surface area contributed by atoms with E-state index < -0.39 is 0 Å². The molecule has 0 bridgehead atoms. The Balaban J connectivity index is 1.53. The predicted octanol–water partition coefficient (Wildman–Crippen LogP) is 3.09. The Morgan fingerprint density at radius 3 is 2.86 bits per heavy atom. The molecule has 0 spiro atoms. The van der Waals surface area contributed by atoms with Crippen molar-refractivity contribution in [1.29, 1.82) is 0 Å². The summed E-state index contributed by atoms with van der Waals surface area (Å²) < 4.78 is 18.9. The summed E-state index contributed by atoms with van der Waals surface area (Å²) in [4.78, 5) is 28.4. The molecule has 0 aliphatic carbocycles. The Labute approximate surface area is 163 Å². The van der Waals surface area contributed by atoms with Gasteiger partial charge in [0.2, 0.25) is 5.91 Å². The standard InChI is InChI=1S/C21H26FN3O3/c1-21(2)13-18-17(25(21)15-6-3-5-14(22)11-15)7-4-10-24(18)20(27)9-8-16-12-19(26)23-28-16/h3,5-6,11-12,17-18H,4,7-10,13H2,1-2H3,(H,23,26)/t17-,18-/m0/s1. The lowest BCUT2D eigenvalue weighted by Gasteiger charge is -2.42. The monoisotopic (exact) mass is 387 g/mol. The molecule has 2 aliphatic rings. The molecule has 2 saturated heterocycles. The number of fused-ring (bicyclic) bond motifs is 1. The minimum absolute atomic E-state index is 0.0791. The Kier molecular flexibility index (Phi) is 4.77. The molecule has 2 atom stereocenters. The lowest BCUT2D eigenvalue weighted by Crippen LogP contribution is -2.53. The molecule has 7 heteroatoms. The summed E-state index contributed by atoms with van der Waals surface area (Å²) in [6, 6.07) is 8.40. The predicted molar refractivity (Wildman–Crippen MR) is 104 cm³/mol. The molecule has 6 nitrogen and oxygen atoms in total. The van der Waals surface area contributed by atoms with Crippen molar-refractivity contribution in [1.82, 2.24) is 10.1 Å². The zero-order valence-electron chi connectivity index (χ0n) is 16.3. The second-order valence-corrected chi connectivity index (χ2v) is 8.41. The number of amides is 1. The minimum atomic E-state index is -0.288. The first-order valence-corrected chi connectivity index (χ1v) is 9.87. The molecule has 0 saturated carbocycles. The highest BCUT2D eigenvalue weighted by molar-refractivity contribution is 5.77. The fourth-order valence-corrected chi connectivity index (χ4v) is 4.94. The van der Waals surface area contributed by atoms with Crippen LogP contribution in [0.3, 0.4) is 0 Å². The number of benzene rings is 1. The van der Waals surface area contributed by atoms with Crippen LogP contribution in [0.4, 0.5) is 10.1 Å². The Hall–Kier alpha value is -2.57. The summed E-state index contributed by atoms with van der Waals surface area (Å²) >= 11 is 0. The van der Waals surface area contributed by atoms with E-state index in [1.165, 1.54) is 12.1 Å². The van der Waals surface area contributed by atoms with Gasteiger partial charge in [-0.15, -0.1) is 0 Å². The van der Waals surface area contributed by atoms with Gasteiger partial charge >= 0.3 is 0 Å². The number of carbonyl (C=O) groups is 1. The van der Waals surface area contributed by atoms with Crippen molar-refractivity contribution in [2.45, 2.75) is 63.6 Å². The van der Waals surface area contributed by atoms with E-state index in [1.807, 2.05) is 11.0 Å². The number of piperidine rings is 1. The summed E-state index contributed by atoms with van der Waals surface area (Å²) in [5.74, 6) is 0.337. The van der Waals surface area contributed by atoms with Gasteiger partial charge in [0.25, 0.3) is 5.56 Å². The fourth-order valence-electron chi connectivity index (χ4n) is 4.94. The molecule has 1 aromatic heterocycles. The average Bonchev–Trinajstić information content (AvgIpc) is 3.18. The number of likely N-dealkylation sites (tertiary alicyclic amines) is 1. The van der Waals surface area contributed by atoms with Crippen LogP contribution in [0.25, 0.3) is 0 Å². The Morgan fingerprint density at radius 2 is 2.14 bits per heavy atom. The summed E-state index contributed by atoms with van der Waals surface area (Å²) in [5.41, 5.74) is 0.420. The van der Waals surface area contributed by atoms with Gasteiger partial charge in [-0.05, 0) is 51.3 Å². The number of aryl methyl sites for hydroxylation is 1. The van der Waals surface area contributed by atoms with Gasteiger partial charge in [-0.2, -0.15) is 5.16 Å². The SMILES string of the molecule is CC1(C)C[C@H]2[C@H](CCCN2C(=O)CCc2cc(=O)[nH]o2)N1c1cccc(F)c1. The van der Waals surface area contributed by atoms with Crippen LogP contribution in [0.5, 0.6) is 0 Å². The number of halogens is 1. The third-order valence-corrected chi connectivity index (χ3v) is 6.00. The van der Waals surface area contributed by atoms with Gasteiger partial charge in [0, 0.05) is 36.7 Å². The van der Waals surface area contributed by atoms with Crippen LogP contribution in [0.1, 0.15) is 45.3 Å². The van der Waals surface area contributed by atoms with E-state index >= 15 is 0 Å². The van der Waals surface area contributed by atoms with Crippen LogP contribution in [0.2, 0.25) is 0 Å². The molecule has 1 N–H and O–H groups in total. The van der Waals surface area contributed by atoms with Crippen LogP contribution >= 0.6 is 0 Å². The quantitative estimate of drug-likeness (QED) is 0.875. The van der Waals surface area contributed by atoms with Gasteiger partial charge in [0.05, 0.1) is 12.1 Å². The van der Waals surface area contributed by atoms with E-state index in [9.17, 15) is 14.0 Å². The van der Waals surface area contributed by atoms with Crippen LogP contribution in [-0.4, -0.2) is 40.1 Å².